The summed E-state index contributed by atoms with van der Waals surface area (Å²) in [7, 11) is 0. The monoisotopic (exact) mass is 777 g/mol. The summed E-state index contributed by atoms with van der Waals surface area (Å²) in [6, 6.07) is 50.1. The minimum Gasteiger partial charge on any atom is -0.329 e. The Morgan fingerprint density at radius 3 is 2.25 bits per heavy atom. The Kier molecular flexibility index (Phi) is 7.01. The van der Waals surface area contributed by atoms with Crippen LogP contribution in [0.2, 0.25) is 0 Å². The zero-order valence-electron chi connectivity index (χ0n) is 33.5. The van der Waals surface area contributed by atoms with Crippen molar-refractivity contribution in [2.24, 2.45) is 22.7 Å². The second kappa shape index (κ2) is 12.2. The van der Waals surface area contributed by atoms with Gasteiger partial charge in [-0.15, -0.1) is 0 Å². The quantitative estimate of drug-likeness (QED) is 0.140. The number of fused-ring (bicyclic) bond motifs is 9. The highest BCUT2D eigenvalue weighted by atomic mass is 32.2. The number of benzene rings is 8. The highest BCUT2D eigenvalue weighted by Gasteiger charge is 2.42. The smallest absolute Gasteiger partial charge is 0.208 e. The fourth-order valence-electron chi connectivity index (χ4n) is 11.4. The number of thioether (sulfide) groups is 1. The van der Waals surface area contributed by atoms with E-state index in [1.54, 1.807) is 0 Å². The second-order valence-corrected chi connectivity index (χ2v) is 18.9. The first kappa shape index (κ1) is 33.8. The van der Waals surface area contributed by atoms with E-state index in [0.717, 1.165) is 18.8 Å². The molecular weight excluding hydrogens is 735 g/mol. The molecule has 1 aromatic heterocycles. The summed E-state index contributed by atoms with van der Waals surface area (Å²) in [6.45, 7) is 7.27. The molecule has 0 saturated carbocycles. The van der Waals surface area contributed by atoms with Gasteiger partial charge in [-0.2, -0.15) is 0 Å². The van der Waals surface area contributed by atoms with Crippen LogP contribution in [-0.4, -0.2) is 10.5 Å². The minimum atomic E-state index is -0.0515. The lowest BCUT2D eigenvalue weighted by atomic mass is 9.70. The lowest BCUT2D eigenvalue weighted by Crippen LogP contribution is -2.44. The van der Waals surface area contributed by atoms with E-state index in [2.05, 4.69) is 182 Å². The number of allylic oxidation sites excluding steroid dienone is 5. The molecule has 5 atom stereocenters. The van der Waals surface area contributed by atoms with Gasteiger partial charge in [-0.05, 0) is 120 Å². The van der Waals surface area contributed by atoms with Gasteiger partial charge in [0.25, 0.3) is 0 Å². The standard InChI is InChI=1S/C55H43N3S/c1-31-21-25-45-50(32(31)2)53(42-24-23-41-38-15-9-12-33-11-8-14-37(51(33)38)39-16-10-17-40(42)52(39)41)57-54(56-45)58-46-19-6-4-13-36(46)43-29-34(22-26-47(43)58)35-27-28-55(3)44-18-5-7-20-48(44)59-49(55)30-35/h4-20,22-27,29-32,50,53H,21,28H2,1-3H3,(H,56,57). The van der Waals surface area contributed by atoms with E-state index >= 15 is 0 Å². The first-order valence-electron chi connectivity index (χ1n) is 21.3. The minimum absolute atomic E-state index is 0.0515. The summed E-state index contributed by atoms with van der Waals surface area (Å²) in [6.07, 6.45) is 9.45. The average Bonchev–Trinajstić information content (AvgIpc) is 3.77. The van der Waals surface area contributed by atoms with Crippen molar-refractivity contribution in [1.29, 1.82) is 0 Å². The van der Waals surface area contributed by atoms with E-state index in [1.807, 2.05) is 11.8 Å². The molecule has 59 heavy (non-hydrogen) atoms. The van der Waals surface area contributed by atoms with Crippen molar-refractivity contribution < 1.29 is 0 Å². The van der Waals surface area contributed by atoms with Gasteiger partial charge in [0.2, 0.25) is 5.96 Å². The van der Waals surface area contributed by atoms with Crippen LogP contribution in [-0.2, 0) is 5.41 Å². The summed E-state index contributed by atoms with van der Waals surface area (Å²) in [5.41, 5.74) is 9.05. The predicted molar refractivity (Wildman–Crippen MR) is 251 cm³/mol. The average molecular weight is 778 g/mol. The van der Waals surface area contributed by atoms with Gasteiger partial charge in [-0.1, -0.05) is 154 Å². The fourth-order valence-corrected chi connectivity index (χ4v) is 12.8. The van der Waals surface area contributed by atoms with E-state index in [4.69, 9.17) is 4.99 Å². The number of para-hydroxylation sites is 1. The van der Waals surface area contributed by atoms with Crippen molar-refractivity contribution in [3.05, 3.63) is 179 Å². The lowest BCUT2D eigenvalue weighted by Gasteiger charge is -2.42. The number of rotatable bonds is 2. The van der Waals surface area contributed by atoms with Crippen LogP contribution in [0.1, 0.15) is 56.3 Å². The van der Waals surface area contributed by atoms with E-state index in [0.29, 0.717) is 11.8 Å². The van der Waals surface area contributed by atoms with Crippen molar-refractivity contribution in [3.8, 4) is 0 Å². The highest BCUT2D eigenvalue weighted by Crippen LogP contribution is 2.57. The maximum Gasteiger partial charge on any atom is 0.208 e. The molecule has 2 aliphatic carbocycles. The normalized spacial score (nSPS) is 23.9. The van der Waals surface area contributed by atoms with Crippen molar-refractivity contribution in [1.82, 2.24) is 9.88 Å². The number of aromatic nitrogens is 1. The summed E-state index contributed by atoms with van der Waals surface area (Å²) < 4.78 is 2.40. The molecule has 0 bridgehead atoms. The van der Waals surface area contributed by atoms with E-state index in [9.17, 15) is 0 Å². The molecule has 0 saturated heterocycles. The molecule has 0 amide bonds. The number of nitrogens with zero attached hydrogens (tertiary/aromatic N) is 2. The molecule has 1 N–H and O–H groups in total. The molecule has 13 rings (SSSR count). The van der Waals surface area contributed by atoms with Crippen LogP contribution in [0.25, 0.3) is 70.5 Å². The largest absolute Gasteiger partial charge is 0.329 e. The molecular formula is C55H43N3S. The molecule has 284 valence electrons. The predicted octanol–water partition coefficient (Wildman–Crippen LogP) is 14.3. The Balaban J connectivity index is 0.993. The van der Waals surface area contributed by atoms with Crippen molar-refractivity contribution in [2.75, 3.05) is 0 Å². The van der Waals surface area contributed by atoms with Crippen LogP contribution < -0.4 is 5.32 Å². The van der Waals surface area contributed by atoms with Gasteiger partial charge in [0.1, 0.15) is 0 Å². The Morgan fingerprint density at radius 1 is 0.678 bits per heavy atom. The third-order valence-corrected chi connectivity index (χ3v) is 16.1. The molecule has 9 aromatic rings. The SMILES string of the molecule is CC1CC=C2NC(n3c4ccccc4c4cc(C5=CCC6(C)C(=C5)Sc5ccccc56)ccc43)=NC(c3ccc4c5cccc6cccc(c7cccc3c74)c65)C2C1C. The Labute approximate surface area is 348 Å². The third-order valence-electron chi connectivity index (χ3n) is 14.7. The van der Waals surface area contributed by atoms with E-state index in [-0.39, 0.29) is 17.4 Å². The van der Waals surface area contributed by atoms with Crippen LogP contribution in [0.4, 0.5) is 0 Å². The second-order valence-electron chi connectivity index (χ2n) is 17.8. The topological polar surface area (TPSA) is 29.3 Å². The Hall–Kier alpha value is -6.10. The zero-order chi connectivity index (χ0) is 39.1. The summed E-state index contributed by atoms with van der Waals surface area (Å²) in [5, 5.41) is 17.1. The van der Waals surface area contributed by atoms with Crippen LogP contribution in [0.3, 0.4) is 0 Å². The van der Waals surface area contributed by atoms with E-state index < -0.39 is 0 Å². The molecule has 0 fully saturated rings. The van der Waals surface area contributed by atoms with Crippen LogP contribution in [0, 0.1) is 17.8 Å². The Bertz CT molecular complexity index is 3360. The Morgan fingerprint density at radius 2 is 1.39 bits per heavy atom. The maximum atomic E-state index is 5.88. The fraction of sp³-hybridized carbons (Fsp3) is 0.182. The van der Waals surface area contributed by atoms with Gasteiger partial charge in [0, 0.05) is 37.6 Å². The van der Waals surface area contributed by atoms with Gasteiger partial charge < -0.3 is 5.32 Å². The summed E-state index contributed by atoms with van der Waals surface area (Å²) in [5.74, 6) is 2.18. The number of aliphatic imine (C=N–C) groups is 1. The molecule has 2 aliphatic heterocycles. The van der Waals surface area contributed by atoms with Crippen molar-refractivity contribution in [3.63, 3.8) is 0 Å². The van der Waals surface area contributed by atoms with Gasteiger partial charge in [0.05, 0.1) is 17.1 Å². The highest BCUT2D eigenvalue weighted by molar-refractivity contribution is 8.03. The van der Waals surface area contributed by atoms with E-state index in [1.165, 1.54) is 103 Å². The zero-order valence-corrected chi connectivity index (χ0v) is 34.3. The number of hydrogen-bond donors (Lipinski definition) is 1. The van der Waals surface area contributed by atoms with Gasteiger partial charge in [-0.3, -0.25) is 4.57 Å². The molecule has 3 nitrogen and oxygen atoms in total. The lowest BCUT2D eigenvalue weighted by molar-refractivity contribution is 0.232. The maximum absolute atomic E-state index is 5.88. The van der Waals surface area contributed by atoms with Crippen LogP contribution >= 0.6 is 11.8 Å². The molecule has 3 heterocycles. The molecule has 0 radical (unpaired) electrons. The number of nitrogens with one attached hydrogen (secondary N) is 1. The van der Waals surface area contributed by atoms with Gasteiger partial charge in [-0.25, -0.2) is 4.99 Å². The molecule has 4 heteroatoms. The van der Waals surface area contributed by atoms with Gasteiger partial charge in [0.15, 0.2) is 0 Å². The first-order chi connectivity index (χ1) is 28.9. The molecule has 4 aliphatic rings. The van der Waals surface area contributed by atoms with Crippen molar-refractivity contribution in [2.45, 2.75) is 50.0 Å². The molecule has 8 aromatic carbocycles. The van der Waals surface area contributed by atoms with Crippen molar-refractivity contribution >= 4 is 88.2 Å². The summed E-state index contributed by atoms with van der Waals surface area (Å²) >= 11 is 1.94. The third kappa shape index (κ3) is 4.64. The van der Waals surface area contributed by atoms with Crippen LogP contribution in [0.5, 0.6) is 0 Å². The first-order valence-corrected chi connectivity index (χ1v) is 22.1. The van der Waals surface area contributed by atoms with Gasteiger partial charge >= 0.3 is 0 Å². The summed E-state index contributed by atoms with van der Waals surface area (Å²) in [4.78, 5) is 8.72. The molecule has 5 unspecified atom stereocenters. The van der Waals surface area contributed by atoms with Crippen LogP contribution in [0.15, 0.2) is 172 Å². The number of hydrogen-bond acceptors (Lipinski definition) is 3. The molecule has 0 spiro atoms.